The lowest BCUT2D eigenvalue weighted by atomic mass is 10.2. The van der Waals surface area contributed by atoms with Gasteiger partial charge < -0.3 is 15.5 Å². The standard InChI is InChI=1S/C17H16N4O2/c1-2-9-23-17(22)19-13-7-8-14-15(10-13)21-16(20-14)11-3-5-12(18)6-4-11/h2-8,10H,1,9,18H2,(H,19,22)(H,20,21). The van der Waals surface area contributed by atoms with Crippen LogP contribution in [0.2, 0.25) is 0 Å². The molecular weight excluding hydrogens is 292 g/mol. The Kier molecular flexibility index (Phi) is 3.97. The van der Waals surface area contributed by atoms with E-state index in [1.807, 2.05) is 30.3 Å². The maximum absolute atomic E-state index is 11.5. The molecule has 6 heteroatoms. The first-order valence-electron chi connectivity index (χ1n) is 7.06. The highest BCUT2D eigenvalue weighted by atomic mass is 16.5. The largest absolute Gasteiger partial charge is 0.445 e. The molecule has 0 aliphatic carbocycles. The minimum atomic E-state index is -0.529. The van der Waals surface area contributed by atoms with Crippen LogP contribution in [-0.4, -0.2) is 22.7 Å². The predicted octanol–water partition coefficient (Wildman–Crippen LogP) is 3.55. The van der Waals surface area contributed by atoms with Gasteiger partial charge in [0.1, 0.15) is 12.4 Å². The number of fused-ring (bicyclic) bond motifs is 1. The van der Waals surface area contributed by atoms with Gasteiger partial charge in [0.05, 0.1) is 11.0 Å². The topological polar surface area (TPSA) is 93.0 Å². The number of anilines is 2. The number of H-pyrrole nitrogens is 1. The molecule has 3 rings (SSSR count). The molecule has 0 fully saturated rings. The van der Waals surface area contributed by atoms with Crippen molar-refractivity contribution >= 4 is 28.5 Å². The third-order valence-corrected chi connectivity index (χ3v) is 3.25. The van der Waals surface area contributed by atoms with E-state index in [9.17, 15) is 4.79 Å². The Balaban J connectivity index is 1.84. The monoisotopic (exact) mass is 308 g/mol. The van der Waals surface area contributed by atoms with Gasteiger partial charge in [-0.2, -0.15) is 0 Å². The molecule has 0 aliphatic heterocycles. The molecule has 116 valence electrons. The molecule has 6 nitrogen and oxygen atoms in total. The molecule has 0 aliphatic rings. The lowest BCUT2D eigenvalue weighted by Crippen LogP contribution is -2.13. The summed E-state index contributed by atoms with van der Waals surface area (Å²) in [7, 11) is 0. The van der Waals surface area contributed by atoms with Gasteiger partial charge in [-0.1, -0.05) is 12.7 Å². The number of imidazole rings is 1. The minimum absolute atomic E-state index is 0.164. The number of aromatic nitrogens is 2. The fraction of sp³-hybridized carbons (Fsp3) is 0.0588. The number of carbonyl (C=O) groups excluding carboxylic acids is 1. The molecule has 1 amide bonds. The molecule has 0 unspecified atom stereocenters. The Morgan fingerprint density at radius 3 is 2.83 bits per heavy atom. The molecule has 23 heavy (non-hydrogen) atoms. The third-order valence-electron chi connectivity index (χ3n) is 3.25. The zero-order chi connectivity index (χ0) is 16.2. The molecular formula is C17H16N4O2. The smallest absolute Gasteiger partial charge is 0.411 e. The van der Waals surface area contributed by atoms with Crippen LogP contribution in [-0.2, 0) is 4.74 Å². The van der Waals surface area contributed by atoms with E-state index in [0.717, 1.165) is 22.4 Å². The Morgan fingerprint density at radius 2 is 2.09 bits per heavy atom. The minimum Gasteiger partial charge on any atom is -0.445 e. The summed E-state index contributed by atoms with van der Waals surface area (Å²) in [6.07, 6.45) is 0.980. The van der Waals surface area contributed by atoms with Crippen molar-refractivity contribution in [2.24, 2.45) is 0 Å². The van der Waals surface area contributed by atoms with Gasteiger partial charge in [-0.05, 0) is 42.5 Å². The van der Waals surface area contributed by atoms with E-state index in [2.05, 4.69) is 21.9 Å². The van der Waals surface area contributed by atoms with Gasteiger partial charge in [0.25, 0.3) is 0 Å². The number of ether oxygens (including phenoxy) is 1. The summed E-state index contributed by atoms with van der Waals surface area (Å²) in [5, 5.41) is 2.65. The van der Waals surface area contributed by atoms with Crippen molar-refractivity contribution < 1.29 is 9.53 Å². The van der Waals surface area contributed by atoms with Crippen LogP contribution in [0.4, 0.5) is 16.2 Å². The van der Waals surface area contributed by atoms with E-state index in [-0.39, 0.29) is 6.61 Å². The second-order valence-corrected chi connectivity index (χ2v) is 4.95. The molecule has 0 saturated carbocycles. The number of rotatable bonds is 4. The van der Waals surface area contributed by atoms with E-state index in [0.29, 0.717) is 11.4 Å². The highest BCUT2D eigenvalue weighted by Gasteiger charge is 2.08. The molecule has 0 bridgehead atoms. The van der Waals surface area contributed by atoms with Gasteiger partial charge >= 0.3 is 6.09 Å². The van der Waals surface area contributed by atoms with Gasteiger partial charge in [0.15, 0.2) is 0 Å². The van der Waals surface area contributed by atoms with Crippen LogP contribution in [0.3, 0.4) is 0 Å². The van der Waals surface area contributed by atoms with Crippen LogP contribution in [0, 0.1) is 0 Å². The van der Waals surface area contributed by atoms with Crippen molar-refractivity contribution in [3.8, 4) is 11.4 Å². The van der Waals surface area contributed by atoms with Gasteiger partial charge in [-0.25, -0.2) is 9.78 Å². The average molecular weight is 308 g/mol. The second-order valence-electron chi connectivity index (χ2n) is 4.95. The van der Waals surface area contributed by atoms with E-state index in [1.165, 1.54) is 6.08 Å². The lowest BCUT2D eigenvalue weighted by Gasteiger charge is -2.04. The van der Waals surface area contributed by atoms with Crippen molar-refractivity contribution in [2.75, 3.05) is 17.7 Å². The Labute approximate surface area is 133 Å². The molecule has 1 aromatic heterocycles. The molecule has 0 atom stereocenters. The maximum atomic E-state index is 11.5. The van der Waals surface area contributed by atoms with E-state index in [4.69, 9.17) is 10.5 Å². The second kappa shape index (κ2) is 6.23. The van der Waals surface area contributed by atoms with E-state index >= 15 is 0 Å². The Hall–Kier alpha value is -3.28. The molecule has 0 saturated heterocycles. The number of carbonyl (C=O) groups is 1. The average Bonchev–Trinajstić information content (AvgIpc) is 2.96. The number of nitrogens with two attached hydrogens (primary N) is 1. The summed E-state index contributed by atoms with van der Waals surface area (Å²) in [4.78, 5) is 19.3. The summed E-state index contributed by atoms with van der Waals surface area (Å²) < 4.78 is 4.88. The number of benzene rings is 2. The van der Waals surface area contributed by atoms with Crippen molar-refractivity contribution in [1.82, 2.24) is 9.97 Å². The molecule has 0 spiro atoms. The van der Waals surface area contributed by atoms with Crippen LogP contribution in [0.15, 0.2) is 55.1 Å². The van der Waals surface area contributed by atoms with Gasteiger partial charge in [0, 0.05) is 16.9 Å². The number of amides is 1. The zero-order valence-electron chi connectivity index (χ0n) is 12.4. The van der Waals surface area contributed by atoms with Crippen molar-refractivity contribution in [1.29, 1.82) is 0 Å². The highest BCUT2D eigenvalue weighted by molar-refractivity contribution is 5.89. The first kappa shape index (κ1) is 14.6. The molecule has 1 heterocycles. The first-order valence-corrected chi connectivity index (χ1v) is 7.06. The zero-order valence-corrected chi connectivity index (χ0v) is 12.4. The fourth-order valence-electron chi connectivity index (χ4n) is 2.15. The molecule has 2 aromatic carbocycles. The lowest BCUT2D eigenvalue weighted by molar-refractivity contribution is 0.174. The van der Waals surface area contributed by atoms with Crippen LogP contribution >= 0.6 is 0 Å². The quantitative estimate of drug-likeness (QED) is 0.507. The van der Waals surface area contributed by atoms with E-state index in [1.54, 1.807) is 12.1 Å². The summed E-state index contributed by atoms with van der Waals surface area (Å²) in [5.41, 5.74) is 9.57. The van der Waals surface area contributed by atoms with Crippen LogP contribution in [0.1, 0.15) is 0 Å². The summed E-state index contributed by atoms with van der Waals surface area (Å²) in [6.45, 7) is 3.66. The predicted molar refractivity (Wildman–Crippen MR) is 91.1 cm³/mol. The molecule has 0 radical (unpaired) electrons. The third kappa shape index (κ3) is 3.32. The SMILES string of the molecule is C=CCOC(=O)Nc1ccc2[nH]c(-c3ccc(N)cc3)nc2c1. The summed E-state index contributed by atoms with van der Waals surface area (Å²) >= 11 is 0. The molecule has 3 aromatic rings. The van der Waals surface area contributed by atoms with Gasteiger partial charge in [-0.15, -0.1) is 0 Å². The number of nitrogen functional groups attached to an aromatic ring is 1. The van der Waals surface area contributed by atoms with E-state index < -0.39 is 6.09 Å². The number of aromatic amines is 1. The molecule has 4 N–H and O–H groups in total. The number of hydrogen-bond donors (Lipinski definition) is 3. The van der Waals surface area contributed by atoms with Gasteiger partial charge in [-0.3, -0.25) is 5.32 Å². The maximum Gasteiger partial charge on any atom is 0.411 e. The normalized spacial score (nSPS) is 10.4. The first-order chi connectivity index (χ1) is 11.2. The fourth-order valence-corrected chi connectivity index (χ4v) is 2.15. The highest BCUT2D eigenvalue weighted by Crippen LogP contribution is 2.23. The number of nitrogens with zero attached hydrogens (tertiary/aromatic N) is 1. The van der Waals surface area contributed by atoms with Crippen molar-refractivity contribution in [2.45, 2.75) is 0 Å². The summed E-state index contributed by atoms with van der Waals surface area (Å²) in [6, 6.07) is 12.9. The van der Waals surface area contributed by atoms with Crippen LogP contribution in [0.5, 0.6) is 0 Å². The van der Waals surface area contributed by atoms with Crippen molar-refractivity contribution in [3.63, 3.8) is 0 Å². The van der Waals surface area contributed by atoms with Gasteiger partial charge in [0.2, 0.25) is 0 Å². The van der Waals surface area contributed by atoms with Crippen LogP contribution < -0.4 is 11.1 Å². The van der Waals surface area contributed by atoms with Crippen molar-refractivity contribution in [3.05, 3.63) is 55.1 Å². The summed E-state index contributed by atoms with van der Waals surface area (Å²) in [5.74, 6) is 0.742. The van der Waals surface area contributed by atoms with Crippen LogP contribution in [0.25, 0.3) is 22.4 Å². The Bertz CT molecular complexity index is 853. The number of nitrogens with one attached hydrogen (secondary N) is 2. The Morgan fingerprint density at radius 1 is 1.30 bits per heavy atom. The number of hydrogen-bond acceptors (Lipinski definition) is 4.